The van der Waals surface area contributed by atoms with Crippen LogP contribution in [0.15, 0.2) is 0 Å². The van der Waals surface area contributed by atoms with Crippen LogP contribution in [0, 0.1) is 0 Å². The Kier molecular flexibility index (Phi) is 3.23. The maximum atomic E-state index is 9.62. The second-order valence-electron chi connectivity index (χ2n) is 0.639. The van der Waals surface area contributed by atoms with Gasteiger partial charge in [-0.2, -0.15) is 0 Å². The molecule has 0 aliphatic heterocycles. The molecular formula is CH3Cl2O2P. The third kappa shape index (κ3) is 2.98. The van der Waals surface area contributed by atoms with E-state index in [4.69, 9.17) is 28.1 Å². The van der Waals surface area contributed by atoms with Crippen LogP contribution in [0.1, 0.15) is 0 Å². The highest BCUT2D eigenvalue weighted by molar-refractivity contribution is 7.44. The van der Waals surface area contributed by atoms with Crippen molar-refractivity contribution < 1.29 is 9.46 Å². The lowest BCUT2D eigenvalue weighted by molar-refractivity contribution is 0.505. The van der Waals surface area contributed by atoms with Crippen molar-refractivity contribution in [3.63, 3.8) is 0 Å². The number of alkyl halides is 2. The van der Waals surface area contributed by atoms with E-state index < -0.39 is 12.6 Å². The zero-order valence-electron chi connectivity index (χ0n) is 2.69. The average Bonchev–Trinajstić information content (AvgIpc) is 1.36. The second-order valence-corrected chi connectivity index (χ2v) is 3.72. The Bertz CT molecular complexity index is 62.6. The zero-order valence-corrected chi connectivity index (χ0v) is 5.20. The molecule has 0 aromatic carbocycles. The molecule has 0 radical (unpaired) electrons. The van der Waals surface area contributed by atoms with Gasteiger partial charge in [0.15, 0.2) is 4.58 Å². The lowest BCUT2D eigenvalue weighted by Gasteiger charge is -1.86. The van der Waals surface area contributed by atoms with E-state index in [-0.39, 0.29) is 0 Å². The summed E-state index contributed by atoms with van der Waals surface area (Å²) in [5.74, 6) is 0. The van der Waals surface area contributed by atoms with Gasteiger partial charge >= 0.3 is 0 Å². The van der Waals surface area contributed by atoms with Crippen molar-refractivity contribution in [1.82, 2.24) is 0 Å². The molecule has 0 aliphatic carbocycles. The average molecular weight is 149 g/mol. The molecule has 0 aromatic rings. The highest BCUT2D eigenvalue weighted by atomic mass is 35.5. The predicted octanol–water partition coefficient (Wildman–Crippen LogP) is 1.21. The maximum absolute atomic E-state index is 9.62. The molecule has 0 saturated carbocycles. The summed E-state index contributed by atoms with van der Waals surface area (Å²) in [5.41, 5.74) is 0. The van der Waals surface area contributed by atoms with Crippen molar-refractivity contribution in [2.45, 2.75) is 4.58 Å². The largest absolute Gasteiger partial charge is 0.344 e. The standard InChI is InChI=1S/CH3Cl2O2P/c2-1(3)6(4)5/h1,6H,(H,4,5). The Hall–Kier alpha value is 0.770. The van der Waals surface area contributed by atoms with E-state index in [1.54, 1.807) is 0 Å². The summed E-state index contributed by atoms with van der Waals surface area (Å²) >= 11 is 9.72. The minimum atomic E-state index is -2.67. The maximum Gasteiger partial charge on any atom is 0.221 e. The van der Waals surface area contributed by atoms with Crippen LogP contribution in [0.4, 0.5) is 0 Å². The number of hydrogen-bond acceptors (Lipinski definition) is 1. The van der Waals surface area contributed by atoms with Crippen LogP contribution in [0.2, 0.25) is 0 Å². The molecule has 0 aromatic heterocycles. The smallest absolute Gasteiger partial charge is 0.221 e. The molecular weight excluding hydrogens is 146 g/mol. The van der Waals surface area contributed by atoms with Crippen LogP contribution >= 0.6 is 31.2 Å². The van der Waals surface area contributed by atoms with Crippen molar-refractivity contribution in [3.05, 3.63) is 0 Å². The predicted molar refractivity (Wildman–Crippen MR) is 26.7 cm³/mol. The Balaban J connectivity index is 3.26. The molecule has 0 rings (SSSR count). The molecule has 0 bridgehead atoms. The number of hydrogen-bond donors (Lipinski definition) is 1. The molecule has 0 spiro atoms. The van der Waals surface area contributed by atoms with Gasteiger partial charge in [0.25, 0.3) is 0 Å². The lowest BCUT2D eigenvalue weighted by Crippen LogP contribution is -1.70. The molecule has 0 amide bonds. The fourth-order valence-corrected chi connectivity index (χ4v) is 0. The first-order valence-electron chi connectivity index (χ1n) is 1.15. The Labute approximate surface area is 45.9 Å². The molecule has 0 fully saturated rings. The van der Waals surface area contributed by atoms with Gasteiger partial charge in [-0.15, -0.1) is 0 Å². The van der Waals surface area contributed by atoms with Crippen molar-refractivity contribution in [1.29, 1.82) is 0 Å². The van der Waals surface area contributed by atoms with Crippen LogP contribution in [0.3, 0.4) is 0 Å². The molecule has 1 atom stereocenters. The van der Waals surface area contributed by atoms with Crippen LogP contribution in [0.25, 0.3) is 0 Å². The van der Waals surface area contributed by atoms with Crippen molar-refractivity contribution >= 4 is 31.2 Å². The van der Waals surface area contributed by atoms with Crippen molar-refractivity contribution in [3.8, 4) is 0 Å². The van der Waals surface area contributed by atoms with Crippen LogP contribution in [-0.2, 0) is 4.57 Å². The normalized spacial score (nSPS) is 15.3. The van der Waals surface area contributed by atoms with E-state index in [0.717, 1.165) is 0 Å². The van der Waals surface area contributed by atoms with Crippen LogP contribution < -0.4 is 0 Å². The first kappa shape index (κ1) is 6.77. The summed E-state index contributed by atoms with van der Waals surface area (Å²) in [5, 5.41) is 0. The Morgan fingerprint density at radius 3 is 1.83 bits per heavy atom. The van der Waals surface area contributed by atoms with Gasteiger partial charge < -0.3 is 4.89 Å². The van der Waals surface area contributed by atoms with E-state index in [0.29, 0.717) is 0 Å². The topological polar surface area (TPSA) is 37.3 Å². The first-order valence-corrected chi connectivity index (χ1v) is 3.46. The minimum absolute atomic E-state index is 1.10. The van der Waals surface area contributed by atoms with Crippen LogP contribution in [-0.4, -0.2) is 9.47 Å². The monoisotopic (exact) mass is 148 g/mol. The van der Waals surface area contributed by atoms with E-state index in [9.17, 15) is 4.57 Å². The van der Waals surface area contributed by atoms with Gasteiger partial charge in [-0.1, -0.05) is 23.2 Å². The van der Waals surface area contributed by atoms with E-state index in [2.05, 4.69) is 0 Å². The zero-order chi connectivity index (χ0) is 5.15. The van der Waals surface area contributed by atoms with Crippen molar-refractivity contribution in [2.75, 3.05) is 0 Å². The van der Waals surface area contributed by atoms with Gasteiger partial charge in [-0.3, -0.25) is 4.57 Å². The third-order valence-electron chi connectivity index (χ3n) is 0.187. The summed E-state index contributed by atoms with van der Waals surface area (Å²) in [4.78, 5) is 7.91. The van der Waals surface area contributed by atoms with Crippen LogP contribution in [0.5, 0.6) is 0 Å². The fraction of sp³-hybridized carbons (Fsp3) is 1.00. The first-order chi connectivity index (χ1) is 2.64. The third-order valence-corrected chi connectivity index (χ3v) is 1.68. The molecule has 6 heavy (non-hydrogen) atoms. The highest BCUT2D eigenvalue weighted by Gasteiger charge is 2.01. The van der Waals surface area contributed by atoms with Gasteiger partial charge in [0, 0.05) is 0 Å². The molecule has 0 aliphatic rings. The molecule has 38 valence electrons. The summed E-state index contributed by atoms with van der Waals surface area (Å²) in [7, 11) is -2.67. The van der Waals surface area contributed by atoms with Crippen molar-refractivity contribution in [2.24, 2.45) is 0 Å². The number of halogens is 2. The van der Waals surface area contributed by atoms with Gasteiger partial charge in [0.2, 0.25) is 8.03 Å². The molecule has 0 saturated heterocycles. The quantitative estimate of drug-likeness (QED) is 0.449. The van der Waals surface area contributed by atoms with Gasteiger partial charge in [0.1, 0.15) is 0 Å². The molecule has 5 heteroatoms. The fourth-order valence-electron chi connectivity index (χ4n) is 0. The van der Waals surface area contributed by atoms with E-state index in [1.165, 1.54) is 0 Å². The van der Waals surface area contributed by atoms with Gasteiger partial charge in [0.05, 0.1) is 0 Å². The summed E-state index contributed by atoms with van der Waals surface area (Å²) in [6, 6.07) is 0. The molecule has 0 heterocycles. The van der Waals surface area contributed by atoms with E-state index in [1.807, 2.05) is 0 Å². The summed E-state index contributed by atoms with van der Waals surface area (Å²) in [6.45, 7) is 0. The molecule has 2 nitrogen and oxygen atoms in total. The highest BCUT2D eigenvalue weighted by Crippen LogP contribution is 2.28. The molecule has 1 N–H and O–H groups in total. The summed E-state index contributed by atoms with van der Waals surface area (Å²) < 4.78 is 8.52. The molecule has 1 unspecified atom stereocenters. The SMILES string of the molecule is O=[PH](O)C(Cl)Cl. The Morgan fingerprint density at radius 2 is 1.83 bits per heavy atom. The number of rotatable bonds is 1. The summed E-state index contributed by atoms with van der Waals surface area (Å²) in [6.07, 6.45) is 0. The van der Waals surface area contributed by atoms with Gasteiger partial charge in [-0.25, -0.2) is 0 Å². The Morgan fingerprint density at radius 1 is 1.67 bits per heavy atom. The second kappa shape index (κ2) is 2.86. The van der Waals surface area contributed by atoms with E-state index >= 15 is 0 Å². The minimum Gasteiger partial charge on any atom is -0.344 e. The van der Waals surface area contributed by atoms with Gasteiger partial charge in [-0.05, 0) is 0 Å². The lowest BCUT2D eigenvalue weighted by atomic mass is 11.9.